The third kappa shape index (κ3) is 6.20. The summed E-state index contributed by atoms with van der Waals surface area (Å²) in [7, 11) is 0. The number of rotatable bonds is 11. The quantitative estimate of drug-likeness (QED) is 0.152. The fourth-order valence-corrected chi connectivity index (χ4v) is 6.05. The summed E-state index contributed by atoms with van der Waals surface area (Å²) in [6, 6.07) is 20.3. The number of carbonyl (C=O) groups excluding carboxylic acids is 2. The van der Waals surface area contributed by atoms with E-state index in [1.54, 1.807) is 32.9 Å². The number of hydrogen-bond donors (Lipinski definition) is 1. The third-order valence-corrected chi connectivity index (χ3v) is 8.49. The molecular formula is C37H37FN2O6. The number of aromatic nitrogens is 1. The Bertz CT molecular complexity index is 1890. The standard InChI is InChI=1S/C37H37FN2O6/c1-6-43-36(42)37(14-15-37)45-35(32-23(4)40-46-24(32)5)30-20-27-17-25(18-29(38)34(27)44-30)19-31(41)39-33(26-10-8-7-9-11-26)28-13-12-21(2)16-22(28)3/h7-13,16-18,20,33,35H,6,14-15,19H2,1-5H3,(H,39,41). The lowest BCUT2D eigenvalue weighted by atomic mass is 9.93. The minimum atomic E-state index is -1.12. The lowest BCUT2D eigenvalue weighted by Crippen LogP contribution is -2.31. The summed E-state index contributed by atoms with van der Waals surface area (Å²) in [4.78, 5) is 26.3. The zero-order valence-corrected chi connectivity index (χ0v) is 26.6. The van der Waals surface area contributed by atoms with Gasteiger partial charge in [0.25, 0.3) is 0 Å². The molecule has 2 aromatic heterocycles. The second kappa shape index (κ2) is 12.6. The van der Waals surface area contributed by atoms with Crippen LogP contribution < -0.4 is 5.32 Å². The molecule has 1 aliphatic rings. The van der Waals surface area contributed by atoms with Crippen LogP contribution in [0, 0.1) is 33.5 Å². The van der Waals surface area contributed by atoms with E-state index >= 15 is 4.39 Å². The highest BCUT2D eigenvalue weighted by Crippen LogP contribution is 2.48. The first-order valence-corrected chi connectivity index (χ1v) is 15.5. The molecule has 1 amide bonds. The second-order valence-corrected chi connectivity index (χ2v) is 12.0. The highest BCUT2D eigenvalue weighted by molar-refractivity contribution is 5.84. The fraction of sp³-hybridized carbons (Fsp3) is 0.324. The van der Waals surface area contributed by atoms with Crippen LogP contribution in [-0.2, 0) is 25.5 Å². The Morgan fingerprint density at radius 1 is 1.02 bits per heavy atom. The maximum absolute atomic E-state index is 15.6. The molecule has 2 heterocycles. The highest BCUT2D eigenvalue weighted by atomic mass is 19.1. The Kier molecular flexibility index (Phi) is 8.53. The number of ether oxygens (including phenoxy) is 2. The van der Waals surface area contributed by atoms with Crippen molar-refractivity contribution in [2.24, 2.45) is 0 Å². The van der Waals surface area contributed by atoms with Crippen LogP contribution in [0.4, 0.5) is 4.39 Å². The molecule has 1 N–H and O–H groups in total. The van der Waals surface area contributed by atoms with Crippen LogP contribution in [0.25, 0.3) is 11.0 Å². The van der Waals surface area contributed by atoms with Crippen molar-refractivity contribution in [2.75, 3.05) is 6.61 Å². The predicted molar refractivity (Wildman–Crippen MR) is 170 cm³/mol. The van der Waals surface area contributed by atoms with Gasteiger partial charge in [0.15, 0.2) is 17.0 Å². The van der Waals surface area contributed by atoms with Crippen molar-refractivity contribution in [1.82, 2.24) is 10.5 Å². The van der Waals surface area contributed by atoms with Crippen molar-refractivity contribution in [2.45, 2.75) is 71.6 Å². The van der Waals surface area contributed by atoms with Crippen molar-refractivity contribution in [3.63, 3.8) is 0 Å². The van der Waals surface area contributed by atoms with Crippen LogP contribution in [0.3, 0.4) is 0 Å². The number of amides is 1. The number of esters is 1. The van der Waals surface area contributed by atoms with Gasteiger partial charge in [0.1, 0.15) is 17.6 Å². The van der Waals surface area contributed by atoms with Crippen LogP contribution in [0.15, 0.2) is 75.7 Å². The molecule has 2 unspecified atom stereocenters. The van der Waals surface area contributed by atoms with Crippen molar-refractivity contribution in [3.05, 3.63) is 123 Å². The van der Waals surface area contributed by atoms with E-state index in [0.29, 0.717) is 46.6 Å². The maximum atomic E-state index is 15.6. The van der Waals surface area contributed by atoms with Gasteiger partial charge in [0.2, 0.25) is 5.91 Å². The molecule has 2 atom stereocenters. The molecule has 3 aromatic carbocycles. The Hall–Kier alpha value is -4.76. The maximum Gasteiger partial charge on any atom is 0.338 e. The van der Waals surface area contributed by atoms with Gasteiger partial charge in [-0.1, -0.05) is 59.3 Å². The molecular weight excluding hydrogens is 587 g/mol. The van der Waals surface area contributed by atoms with E-state index in [1.807, 2.05) is 56.3 Å². The summed E-state index contributed by atoms with van der Waals surface area (Å²) >= 11 is 0. The monoisotopic (exact) mass is 624 g/mol. The molecule has 238 valence electrons. The van der Waals surface area contributed by atoms with Gasteiger partial charge in [-0.25, -0.2) is 9.18 Å². The van der Waals surface area contributed by atoms with Gasteiger partial charge in [-0.15, -0.1) is 0 Å². The number of nitrogens with one attached hydrogen (secondary N) is 1. The first-order chi connectivity index (χ1) is 22.1. The van der Waals surface area contributed by atoms with Gasteiger partial charge >= 0.3 is 5.97 Å². The molecule has 1 fully saturated rings. The average Bonchev–Trinajstić information content (AvgIpc) is 3.56. The van der Waals surface area contributed by atoms with Crippen LogP contribution in [0.5, 0.6) is 0 Å². The molecule has 0 saturated heterocycles. The molecule has 1 aliphatic carbocycles. The summed E-state index contributed by atoms with van der Waals surface area (Å²) in [5.41, 5.74) is 4.71. The van der Waals surface area contributed by atoms with Gasteiger partial charge in [0.05, 0.1) is 30.3 Å². The molecule has 0 radical (unpaired) electrons. The normalized spacial score (nSPS) is 15.0. The van der Waals surface area contributed by atoms with E-state index < -0.39 is 23.5 Å². The zero-order chi connectivity index (χ0) is 32.6. The van der Waals surface area contributed by atoms with E-state index in [9.17, 15) is 9.59 Å². The van der Waals surface area contributed by atoms with Gasteiger partial charge in [0, 0.05) is 5.39 Å². The van der Waals surface area contributed by atoms with E-state index in [-0.39, 0.29) is 30.6 Å². The number of furan rings is 1. The number of aryl methyl sites for hydroxylation is 4. The Morgan fingerprint density at radius 2 is 1.78 bits per heavy atom. The summed E-state index contributed by atoms with van der Waals surface area (Å²) in [5, 5.41) is 7.69. The van der Waals surface area contributed by atoms with Crippen molar-refractivity contribution in [1.29, 1.82) is 0 Å². The molecule has 46 heavy (non-hydrogen) atoms. The van der Waals surface area contributed by atoms with Crippen LogP contribution in [0.1, 0.15) is 82.5 Å². The van der Waals surface area contributed by atoms with Crippen molar-refractivity contribution < 1.29 is 32.4 Å². The predicted octanol–water partition coefficient (Wildman–Crippen LogP) is 7.44. The molecule has 9 heteroatoms. The van der Waals surface area contributed by atoms with E-state index in [0.717, 1.165) is 22.3 Å². The topological polar surface area (TPSA) is 104 Å². The minimum absolute atomic E-state index is 0.0259. The zero-order valence-electron chi connectivity index (χ0n) is 26.6. The van der Waals surface area contributed by atoms with E-state index in [2.05, 4.69) is 16.5 Å². The molecule has 0 bridgehead atoms. The summed E-state index contributed by atoms with van der Waals surface area (Å²) < 4.78 is 38.7. The smallest absolute Gasteiger partial charge is 0.338 e. The fourth-order valence-electron chi connectivity index (χ4n) is 6.05. The number of halogens is 1. The highest BCUT2D eigenvalue weighted by Gasteiger charge is 2.55. The van der Waals surface area contributed by atoms with Crippen LogP contribution >= 0.6 is 0 Å². The number of nitrogens with zero attached hydrogens (tertiary/aromatic N) is 1. The summed E-state index contributed by atoms with van der Waals surface area (Å²) in [6.45, 7) is 9.55. The second-order valence-electron chi connectivity index (χ2n) is 12.0. The number of fused-ring (bicyclic) bond motifs is 1. The molecule has 6 rings (SSSR count). The van der Waals surface area contributed by atoms with E-state index in [1.165, 1.54) is 6.07 Å². The Balaban J connectivity index is 1.29. The number of hydrogen-bond acceptors (Lipinski definition) is 7. The van der Waals surface area contributed by atoms with Crippen LogP contribution in [0.2, 0.25) is 0 Å². The Labute approximate surface area is 266 Å². The first kappa shape index (κ1) is 31.2. The lowest BCUT2D eigenvalue weighted by Gasteiger charge is -2.22. The molecule has 1 saturated carbocycles. The SMILES string of the molecule is CCOC(=O)C1(OC(c2cc3cc(CC(=O)NC(c4ccccc4)c4ccc(C)cc4C)cc(F)c3o2)c2c(C)noc2C)CC1. The van der Waals surface area contributed by atoms with Crippen LogP contribution in [-0.4, -0.2) is 29.2 Å². The van der Waals surface area contributed by atoms with Crippen molar-refractivity contribution in [3.8, 4) is 0 Å². The first-order valence-electron chi connectivity index (χ1n) is 15.5. The molecule has 0 aliphatic heterocycles. The third-order valence-electron chi connectivity index (χ3n) is 8.49. The molecule has 0 spiro atoms. The summed E-state index contributed by atoms with van der Waals surface area (Å²) in [6.07, 6.45) is 0.0513. The van der Waals surface area contributed by atoms with Gasteiger partial charge in [-0.3, -0.25) is 4.79 Å². The molecule has 5 aromatic rings. The van der Waals surface area contributed by atoms with Crippen molar-refractivity contribution >= 4 is 22.8 Å². The Morgan fingerprint density at radius 3 is 2.43 bits per heavy atom. The van der Waals surface area contributed by atoms with Gasteiger partial charge < -0.3 is 23.7 Å². The molecule has 8 nitrogen and oxygen atoms in total. The largest absolute Gasteiger partial charge is 0.464 e. The number of carbonyl (C=O) groups is 2. The van der Waals surface area contributed by atoms with Gasteiger partial charge in [-0.05, 0) is 87.9 Å². The average molecular weight is 625 g/mol. The number of benzene rings is 3. The summed E-state index contributed by atoms with van der Waals surface area (Å²) in [5.74, 6) is -0.517. The van der Waals surface area contributed by atoms with E-state index in [4.69, 9.17) is 18.4 Å². The van der Waals surface area contributed by atoms with Gasteiger partial charge in [-0.2, -0.15) is 0 Å². The lowest BCUT2D eigenvalue weighted by molar-refractivity contribution is -0.164. The minimum Gasteiger partial charge on any atom is -0.464 e.